The van der Waals surface area contributed by atoms with Crippen LogP contribution in [-0.4, -0.2) is 17.6 Å². The SMILES string of the molecule is Cc1ccc(C2=Cc3c(ccc(C)c3-c3ccccc3)C2c2c(-c3ccc(C)o3)[cH-]c3ccc([Si]4CCC4)c(-c4ccccc4)c23)o1.Cc1ccc(C2=Cc3c(ccc(C)c3-c3ccccc3)C2c2c(-c3ccc(C)o3)[cH-]c3ccc([Si]4CCC4)c(-c4ccccc4)c23)o1.[Zr+2]. The zero-order chi connectivity index (χ0) is 63.3. The van der Waals surface area contributed by atoms with Gasteiger partial charge in [0, 0.05) is 11.8 Å². The van der Waals surface area contributed by atoms with Gasteiger partial charge in [-0.3, -0.25) is 0 Å². The molecule has 10 aromatic carbocycles. The van der Waals surface area contributed by atoms with Crippen LogP contribution in [0, 0.1) is 41.5 Å². The predicted molar refractivity (Wildman–Crippen MR) is 394 cm³/mol. The van der Waals surface area contributed by atoms with Gasteiger partial charge in [-0.15, -0.1) is 56.9 Å². The summed E-state index contributed by atoms with van der Waals surface area (Å²) >= 11 is 0. The number of hydrogen-bond acceptors (Lipinski definition) is 4. The first-order valence-corrected chi connectivity index (χ1v) is 37.3. The molecule has 2 radical (unpaired) electrons. The number of benzene rings is 8. The van der Waals surface area contributed by atoms with E-state index >= 15 is 0 Å². The maximum Gasteiger partial charge on any atom is 2.00 e. The smallest absolute Gasteiger partial charge is 0.496 e. The molecule has 0 amide bonds. The summed E-state index contributed by atoms with van der Waals surface area (Å²) in [6.07, 6.45) is 7.50. The Balaban J connectivity index is 0.000000148. The summed E-state index contributed by atoms with van der Waals surface area (Å²) in [5.74, 6) is 7.32. The van der Waals surface area contributed by atoms with Crippen LogP contribution in [0.3, 0.4) is 0 Å². The van der Waals surface area contributed by atoms with E-state index in [-0.39, 0.29) is 38.0 Å². The van der Waals surface area contributed by atoms with Crippen LogP contribution in [0.4, 0.5) is 0 Å². The molecule has 7 heteroatoms. The van der Waals surface area contributed by atoms with E-state index < -0.39 is 17.6 Å². The van der Waals surface area contributed by atoms with Crippen LogP contribution in [0.5, 0.6) is 0 Å². The van der Waals surface area contributed by atoms with Crippen molar-refractivity contribution in [2.45, 2.75) is 90.4 Å². The van der Waals surface area contributed by atoms with Gasteiger partial charge in [-0.05, 0) is 180 Å². The van der Waals surface area contributed by atoms with E-state index in [9.17, 15) is 0 Å². The molecule has 0 N–H and O–H groups in total. The van der Waals surface area contributed by atoms with E-state index in [0.29, 0.717) is 0 Å². The zero-order valence-corrected chi connectivity index (χ0v) is 59.1. The summed E-state index contributed by atoms with van der Waals surface area (Å²) in [7, 11) is -1.22. The van der Waals surface area contributed by atoms with Crippen molar-refractivity contribution in [3.63, 3.8) is 0 Å². The van der Waals surface area contributed by atoms with E-state index in [2.05, 4.69) is 257 Å². The molecule has 4 aliphatic rings. The molecular weight excluding hydrogens is 1270 g/mol. The third-order valence-corrected chi connectivity index (χ3v) is 26.8. The molecule has 18 rings (SSSR count). The first-order valence-electron chi connectivity index (χ1n) is 33.5. The Kier molecular flexibility index (Phi) is 15.9. The standard InChI is InChI=1S/2C44H36O2Si.Zr/c2*1-27-15-19-33-34(40(27)30-11-6-4-7-12-30)26-36(38-21-17-29(3)46-38)43(33)44-35(37-20-16-28(2)45-37)25-32-18-22-39(47-23-10-24-47)41(42(32)44)31-13-8-5-9-14-31;/h2*4-9,11-22,25-26,43H,10,23-24H2,1-3H3;/q2*-1;+2. The number of fused-ring (bicyclic) bond motifs is 4. The summed E-state index contributed by atoms with van der Waals surface area (Å²) in [5.41, 5.74) is 25.6. The molecule has 4 nitrogen and oxygen atoms in total. The molecule has 2 atom stereocenters. The molecular formula is C88H72O4Si2Zr. The van der Waals surface area contributed by atoms with Gasteiger partial charge in [0.25, 0.3) is 0 Å². The molecule has 95 heavy (non-hydrogen) atoms. The van der Waals surface area contributed by atoms with E-state index in [0.717, 1.165) is 46.1 Å². The molecule has 2 aliphatic heterocycles. The maximum atomic E-state index is 6.48. The van der Waals surface area contributed by atoms with Crippen LogP contribution in [-0.2, 0) is 26.2 Å². The topological polar surface area (TPSA) is 52.6 Å². The molecule has 460 valence electrons. The Morgan fingerprint density at radius 1 is 0.337 bits per heavy atom. The first kappa shape index (κ1) is 60.8. The van der Waals surface area contributed by atoms with Gasteiger partial charge in [0.15, 0.2) is 0 Å². The van der Waals surface area contributed by atoms with Crippen molar-refractivity contribution < 1.29 is 43.9 Å². The molecule has 0 saturated carbocycles. The van der Waals surface area contributed by atoms with E-state index in [1.165, 1.54) is 170 Å². The van der Waals surface area contributed by atoms with Gasteiger partial charge in [0.1, 0.15) is 23.0 Å². The third kappa shape index (κ3) is 10.6. The molecule has 2 aliphatic carbocycles. The minimum Gasteiger partial charge on any atom is -0.496 e. The maximum absolute atomic E-state index is 6.48. The average Bonchev–Trinajstić information content (AvgIpc) is 1.57. The quantitative estimate of drug-likeness (QED) is 0.0904. The fourth-order valence-electron chi connectivity index (χ4n) is 15.9. The van der Waals surface area contributed by atoms with Crippen molar-refractivity contribution >= 4 is 72.8 Å². The van der Waals surface area contributed by atoms with Gasteiger partial charge in [-0.2, -0.15) is 0 Å². The van der Waals surface area contributed by atoms with Crippen molar-refractivity contribution in [3.05, 3.63) is 310 Å². The Hall–Kier alpha value is -9.10. The summed E-state index contributed by atoms with van der Waals surface area (Å²) in [6, 6.07) is 90.0. The van der Waals surface area contributed by atoms with Crippen molar-refractivity contribution in [2.24, 2.45) is 0 Å². The Morgan fingerprint density at radius 3 is 0.968 bits per heavy atom. The van der Waals surface area contributed by atoms with Crippen molar-refractivity contribution in [2.75, 3.05) is 0 Å². The Morgan fingerprint density at radius 2 is 0.663 bits per heavy atom. The number of hydrogen-bond donors (Lipinski definition) is 0. The molecule has 2 saturated heterocycles. The second kappa shape index (κ2) is 24.9. The zero-order valence-electron chi connectivity index (χ0n) is 54.6. The van der Waals surface area contributed by atoms with E-state index in [1.807, 2.05) is 27.7 Å². The summed E-state index contributed by atoms with van der Waals surface area (Å²) < 4.78 is 25.9. The Bertz CT molecular complexity index is 4950. The van der Waals surface area contributed by atoms with Crippen LogP contribution in [0.2, 0.25) is 24.2 Å². The molecule has 4 aromatic heterocycles. The van der Waals surface area contributed by atoms with Crippen LogP contribution >= 0.6 is 0 Å². The minimum absolute atomic E-state index is 0. The monoisotopic (exact) mass is 1340 g/mol. The minimum atomic E-state index is -0.609. The van der Waals surface area contributed by atoms with Crippen molar-refractivity contribution in [3.8, 4) is 67.2 Å². The van der Waals surface area contributed by atoms with Gasteiger partial charge in [0.05, 0.1) is 40.6 Å². The van der Waals surface area contributed by atoms with Crippen molar-refractivity contribution in [1.29, 1.82) is 0 Å². The van der Waals surface area contributed by atoms with E-state index in [1.54, 1.807) is 10.4 Å². The number of aryl methyl sites for hydroxylation is 6. The van der Waals surface area contributed by atoms with Gasteiger partial charge >= 0.3 is 26.2 Å². The normalized spacial score (nSPS) is 15.8. The average molecular weight is 1340 g/mol. The van der Waals surface area contributed by atoms with E-state index in [4.69, 9.17) is 17.7 Å². The first-order chi connectivity index (χ1) is 46.1. The van der Waals surface area contributed by atoms with Crippen molar-refractivity contribution in [1.82, 2.24) is 0 Å². The van der Waals surface area contributed by atoms with Gasteiger partial charge in [-0.25, -0.2) is 0 Å². The molecule has 2 fully saturated rings. The largest absolute Gasteiger partial charge is 2.00 e. The molecule has 0 bridgehead atoms. The molecule has 0 spiro atoms. The van der Waals surface area contributed by atoms with Gasteiger partial charge < -0.3 is 17.7 Å². The second-order valence-electron chi connectivity index (χ2n) is 26.5. The summed E-state index contributed by atoms with van der Waals surface area (Å²) in [5, 5.41) is 8.40. The summed E-state index contributed by atoms with van der Waals surface area (Å²) in [6.45, 7) is 12.6. The fourth-order valence-corrected chi connectivity index (χ4v) is 20.3. The Labute approximate surface area is 579 Å². The van der Waals surface area contributed by atoms with Crippen LogP contribution < -0.4 is 10.4 Å². The van der Waals surface area contributed by atoms with Crippen LogP contribution in [0.25, 0.3) is 112 Å². The van der Waals surface area contributed by atoms with Gasteiger partial charge in [0.2, 0.25) is 0 Å². The van der Waals surface area contributed by atoms with Gasteiger partial charge in [-0.1, -0.05) is 227 Å². The molecule has 14 aromatic rings. The summed E-state index contributed by atoms with van der Waals surface area (Å²) in [4.78, 5) is 0. The third-order valence-electron chi connectivity index (χ3n) is 20.6. The number of furan rings is 4. The van der Waals surface area contributed by atoms with Crippen LogP contribution in [0.15, 0.2) is 248 Å². The number of allylic oxidation sites excluding steroid dienone is 2. The van der Waals surface area contributed by atoms with Crippen LogP contribution in [0.1, 0.15) is 104 Å². The molecule has 2 unspecified atom stereocenters. The predicted octanol–water partition coefficient (Wildman–Crippen LogP) is 22.9. The molecule has 6 heterocycles. The fraction of sp³-hybridized carbons (Fsp3) is 0.159. The second-order valence-corrected chi connectivity index (χ2v) is 31.9. The number of rotatable bonds is 12.